The Bertz CT molecular complexity index is 738. The third kappa shape index (κ3) is 16.1. The quantitative estimate of drug-likeness (QED) is 0.180. The summed E-state index contributed by atoms with van der Waals surface area (Å²) in [5, 5.41) is 13.3. The number of ketones is 1. The van der Waals surface area contributed by atoms with Crippen LogP contribution < -0.4 is 0 Å². The Morgan fingerprint density at radius 2 is 1.63 bits per heavy atom. The fourth-order valence-electron chi connectivity index (χ4n) is 4.30. The third-order valence-corrected chi connectivity index (χ3v) is 7.40. The van der Waals surface area contributed by atoms with Gasteiger partial charge in [-0.25, -0.2) is 4.98 Å². The molecule has 0 saturated heterocycles. The summed E-state index contributed by atoms with van der Waals surface area (Å²) in [6.45, 7) is 18.5. The number of allylic oxidation sites excluding steroid dienone is 1. The monoisotopic (exact) mass is 507 g/mol. The molecule has 0 aromatic carbocycles. The Morgan fingerprint density at radius 1 is 1.06 bits per heavy atom. The molecule has 0 saturated carbocycles. The van der Waals surface area contributed by atoms with Crippen molar-refractivity contribution in [2.75, 3.05) is 0 Å². The van der Waals surface area contributed by atoms with E-state index >= 15 is 0 Å². The van der Waals surface area contributed by atoms with Gasteiger partial charge in [-0.05, 0) is 50.5 Å². The minimum absolute atomic E-state index is 0.0480. The number of hydrogen-bond acceptors (Lipinski definition) is 5. The van der Waals surface area contributed by atoms with Gasteiger partial charge < -0.3 is 9.90 Å². The fraction of sp³-hybridized carbons (Fsp3) is 0.767. The standard InChI is InChI=1S/C23H44O3.C7H9NS/c1-17(2)13-18(3)11-9-8-10-12-19(4)14-20(5)21(25)15-22(26)23(6,7)16-24;1-3-4-7-5-9-6(2)8-7/h16-20,22,26H,8-15H2,1-7H3;3-5H,1-2H3/b;4-3-/t18?,19-,20?,22?;/m0./s1. The molecule has 202 valence electrons. The summed E-state index contributed by atoms with van der Waals surface area (Å²) in [7, 11) is 0. The Labute approximate surface area is 220 Å². The van der Waals surface area contributed by atoms with E-state index in [4.69, 9.17) is 0 Å². The van der Waals surface area contributed by atoms with Gasteiger partial charge in [0.25, 0.3) is 0 Å². The highest BCUT2D eigenvalue weighted by Crippen LogP contribution is 2.25. The topological polar surface area (TPSA) is 67.3 Å². The van der Waals surface area contributed by atoms with Gasteiger partial charge in [0, 0.05) is 23.1 Å². The average molecular weight is 508 g/mol. The first-order valence-corrected chi connectivity index (χ1v) is 14.4. The number of thiazole rings is 1. The highest BCUT2D eigenvalue weighted by atomic mass is 32.1. The lowest BCUT2D eigenvalue weighted by molar-refractivity contribution is -0.129. The van der Waals surface area contributed by atoms with Crippen molar-refractivity contribution in [3.63, 3.8) is 0 Å². The summed E-state index contributed by atoms with van der Waals surface area (Å²) >= 11 is 1.68. The van der Waals surface area contributed by atoms with Crippen LogP contribution in [0.4, 0.5) is 0 Å². The molecule has 0 aliphatic heterocycles. The van der Waals surface area contributed by atoms with Crippen molar-refractivity contribution in [3.05, 3.63) is 22.2 Å². The number of nitrogens with zero attached hydrogens (tertiary/aromatic N) is 1. The number of unbranched alkanes of at least 4 members (excludes halogenated alkanes) is 2. The van der Waals surface area contributed by atoms with Gasteiger partial charge in [0.2, 0.25) is 0 Å². The molecular weight excluding hydrogens is 454 g/mol. The summed E-state index contributed by atoms with van der Waals surface area (Å²) in [6.07, 6.45) is 12.4. The van der Waals surface area contributed by atoms with Crippen molar-refractivity contribution in [1.29, 1.82) is 0 Å². The Kier molecular flexibility index (Phi) is 17.3. The van der Waals surface area contributed by atoms with Crippen LogP contribution in [-0.2, 0) is 9.59 Å². The first-order chi connectivity index (χ1) is 16.3. The molecule has 0 aliphatic carbocycles. The van der Waals surface area contributed by atoms with E-state index in [2.05, 4.69) is 38.1 Å². The van der Waals surface area contributed by atoms with E-state index in [0.29, 0.717) is 5.92 Å². The highest BCUT2D eigenvalue weighted by molar-refractivity contribution is 7.09. The Hall–Kier alpha value is -1.33. The predicted molar refractivity (Wildman–Crippen MR) is 152 cm³/mol. The number of carbonyl (C=O) groups excluding carboxylic acids is 2. The SMILES string of the molecule is C/C=C\c1csc(C)n1.CC(C)CC(C)CCCCC[C@H](C)CC(C)C(=O)CC(O)C(C)(C)C=O. The smallest absolute Gasteiger partial charge is 0.138 e. The number of aryl methyl sites for hydroxylation is 1. The lowest BCUT2D eigenvalue weighted by atomic mass is 9.82. The van der Waals surface area contributed by atoms with Gasteiger partial charge in [-0.3, -0.25) is 4.79 Å². The number of rotatable bonds is 16. The van der Waals surface area contributed by atoms with Crippen LogP contribution in [0, 0.1) is 36.0 Å². The second-order valence-corrected chi connectivity index (χ2v) is 12.6. The minimum Gasteiger partial charge on any atom is -0.392 e. The van der Waals surface area contributed by atoms with Crippen molar-refractivity contribution in [1.82, 2.24) is 4.98 Å². The third-order valence-electron chi connectivity index (χ3n) is 6.60. The van der Waals surface area contributed by atoms with E-state index in [-0.39, 0.29) is 18.1 Å². The first-order valence-electron chi connectivity index (χ1n) is 13.5. The zero-order valence-corrected chi connectivity index (χ0v) is 24.8. The molecule has 1 aromatic rings. The van der Waals surface area contributed by atoms with Crippen LogP contribution in [-0.4, -0.2) is 28.3 Å². The number of aliphatic hydroxyl groups excluding tert-OH is 1. The van der Waals surface area contributed by atoms with Crippen molar-refractivity contribution in [2.45, 2.75) is 120 Å². The number of aliphatic hydroxyl groups is 1. The van der Waals surface area contributed by atoms with Crippen molar-refractivity contribution >= 4 is 29.5 Å². The van der Waals surface area contributed by atoms with Crippen LogP contribution in [0.25, 0.3) is 6.08 Å². The molecule has 0 amide bonds. The second-order valence-electron chi connectivity index (χ2n) is 11.5. The maximum absolute atomic E-state index is 12.3. The highest BCUT2D eigenvalue weighted by Gasteiger charge is 2.30. The van der Waals surface area contributed by atoms with E-state index in [9.17, 15) is 14.7 Å². The zero-order valence-electron chi connectivity index (χ0n) is 24.0. The molecule has 0 spiro atoms. The van der Waals surface area contributed by atoms with E-state index in [1.165, 1.54) is 38.5 Å². The molecule has 35 heavy (non-hydrogen) atoms. The van der Waals surface area contributed by atoms with Gasteiger partial charge in [0.1, 0.15) is 12.1 Å². The van der Waals surface area contributed by atoms with Gasteiger partial charge in [0.15, 0.2) is 0 Å². The number of hydrogen-bond donors (Lipinski definition) is 1. The molecule has 1 heterocycles. The molecule has 1 N–H and O–H groups in total. The average Bonchev–Trinajstić information content (AvgIpc) is 3.18. The largest absolute Gasteiger partial charge is 0.392 e. The number of aromatic nitrogens is 1. The first kappa shape index (κ1) is 33.7. The van der Waals surface area contributed by atoms with E-state index < -0.39 is 11.5 Å². The Morgan fingerprint density at radius 3 is 2.09 bits per heavy atom. The van der Waals surface area contributed by atoms with Crippen LogP contribution in [0.15, 0.2) is 11.5 Å². The van der Waals surface area contributed by atoms with Gasteiger partial charge in [-0.2, -0.15) is 0 Å². The second kappa shape index (κ2) is 18.0. The number of Topliss-reactive ketones (excluding diaryl/α,β-unsaturated/α-hetero) is 1. The summed E-state index contributed by atoms with van der Waals surface area (Å²) in [6, 6.07) is 0. The minimum atomic E-state index is -0.891. The summed E-state index contributed by atoms with van der Waals surface area (Å²) in [5.74, 6) is 2.17. The predicted octanol–water partition coefficient (Wildman–Crippen LogP) is 8.31. The lowest BCUT2D eigenvalue weighted by Crippen LogP contribution is -2.34. The summed E-state index contributed by atoms with van der Waals surface area (Å²) in [5.41, 5.74) is 0.216. The van der Waals surface area contributed by atoms with E-state index in [1.54, 1.807) is 25.2 Å². The molecule has 0 fully saturated rings. The number of aldehydes is 1. The Balaban J connectivity index is 0.00000106. The molecular formula is C30H53NO3S. The van der Waals surface area contributed by atoms with Crippen molar-refractivity contribution < 1.29 is 14.7 Å². The normalized spacial score (nSPS) is 15.4. The molecule has 5 heteroatoms. The molecule has 0 radical (unpaired) electrons. The van der Waals surface area contributed by atoms with Gasteiger partial charge >= 0.3 is 0 Å². The zero-order chi connectivity index (χ0) is 27.0. The van der Waals surface area contributed by atoms with Gasteiger partial charge in [0.05, 0.1) is 16.8 Å². The van der Waals surface area contributed by atoms with Crippen LogP contribution in [0.2, 0.25) is 0 Å². The molecule has 0 aliphatic rings. The maximum atomic E-state index is 12.3. The molecule has 0 bridgehead atoms. The maximum Gasteiger partial charge on any atom is 0.138 e. The van der Waals surface area contributed by atoms with Gasteiger partial charge in [-0.15, -0.1) is 11.3 Å². The van der Waals surface area contributed by atoms with Crippen LogP contribution in [0.3, 0.4) is 0 Å². The fourth-order valence-corrected chi connectivity index (χ4v) is 4.88. The lowest BCUT2D eigenvalue weighted by Gasteiger charge is -2.25. The molecule has 3 unspecified atom stereocenters. The molecule has 4 nitrogen and oxygen atoms in total. The van der Waals surface area contributed by atoms with Gasteiger partial charge in [-0.1, -0.05) is 86.6 Å². The summed E-state index contributed by atoms with van der Waals surface area (Å²) in [4.78, 5) is 27.5. The van der Waals surface area contributed by atoms with Crippen molar-refractivity contribution in [3.8, 4) is 0 Å². The summed E-state index contributed by atoms with van der Waals surface area (Å²) < 4.78 is 0. The molecule has 1 rings (SSSR count). The van der Waals surface area contributed by atoms with E-state index in [0.717, 1.165) is 35.2 Å². The number of carbonyl (C=O) groups is 2. The van der Waals surface area contributed by atoms with Crippen molar-refractivity contribution in [2.24, 2.45) is 29.1 Å². The molecule has 1 aromatic heterocycles. The van der Waals surface area contributed by atoms with Crippen LogP contribution in [0.1, 0.15) is 117 Å². The van der Waals surface area contributed by atoms with Crippen LogP contribution >= 0.6 is 11.3 Å². The molecule has 4 atom stereocenters. The van der Waals surface area contributed by atoms with E-state index in [1.807, 2.05) is 32.9 Å². The van der Waals surface area contributed by atoms with Crippen LogP contribution in [0.5, 0.6) is 0 Å².